The number of hydrogen-bond acceptors (Lipinski definition) is 6. The van der Waals surface area contributed by atoms with Crippen LogP contribution >= 0.6 is 0 Å². The molecule has 0 spiro atoms. The van der Waals surface area contributed by atoms with E-state index in [0.717, 1.165) is 37.7 Å². The van der Waals surface area contributed by atoms with Crippen molar-refractivity contribution in [1.29, 1.82) is 0 Å². The van der Waals surface area contributed by atoms with E-state index in [9.17, 15) is 9.59 Å². The van der Waals surface area contributed by atoms with E-state index in [1.54, 1.807) is 6.26 Å². The molecule has 0 atom stereocenters. The van der Waals surface area contributed by atoms with Crippen LogP contribution in [0.5, 0.6) is 0 Å². The molecule has 1 aromatic heterocycles. The number of allylic oxidation sites excluding steroid dienone is 1. The van der Waals surface area contributed by atoms with Crippen LogP contribution in [0.1, 0.15) is 86.1 Å². The van der Waals surface area contributed by atoms with Gasteiger partial charge in [-0.1, -0.05) is 48.5 Å². The van der Waals surface area contributed by atoms with Crippen molar-refractivity contribution < 1.29 is 23.6 Å². The summed E-state index contributed by atoms with van der Waals surface area (Å²) in [5, 5.41) is 2.33. The summed E-state index contributed by atoms with van der Waals surface area (Å²) in [5.74, 6) is 0. The quantitative estimate of drug-likeness (QED) is 0.133. The van der Waals surface area contributed by atoms with Crippen LogP contribution in [-0.2, 0) is 25.5 Å². The molecule has 0 aromatic carbocycles. The fourth-order valence-corrected chi connectivity index (χ4v) is 3.26. The van der Waals surface area contributed by atoms with Gasteiger partial charge in [0, 0.05) is 26.4 Å². The number of aromatic nitrogens is 1. The number of nitrogens with one attached hydrogen (secondary N) is 2. The highest BCUT2D eigenvalue weighted by Gasteiger charge is 2.21. The summed E-state index contributed by atoms with van der Waals surface area (Å²) in [6, 6.07) is 0. The zero-order chi connectivity index (χ0) is 25.2. The molecule has 0 saturated carbocycles. The van der Waals surface area contributed by atoms with E-state index in [1.807, 2.05) is 13.8 Å². The number of H-pyrrole nitrogens is 1. The highest BCUT2D eigenvalue weighted by Crippen LogP contribution is 2.30. The number of rotatable bonds is 18. The third-order valence-corrected chi connectivity index (χ3v) is 5.24. The fraction of sp³-hybridized carbons (Fsp3) is 0.760. The summed E-state index contributed by atoms with van der Waals surface area (Å²) < 4.78 is 16.4. The Morgan fingerprint density at radius 1 is 1.06 bits per heavy atom. The van der Waals surface area contributed by atoms with Gasteiger partial charge in [0.15, 0.2) is 0 Å². The van der Waals surface area contributed by atoms with Gasteiger partial charge in [-0.15, -0.1) is 0 Å². The van der Waals surface area contributed by atoms with Gasteiger partial charge in [0.05, 0.1) is 5.56 Å². The molecule has 1 heterocycles. The van der Waals surface area contributed by atoms with Crippen molar-refractivity contribution in [2.24, 2.45) is 10.8 Å². The molecule has 8 heteroatoms. The van der Waals surface area contributed by atoms with E-state index in [4.69, 9.17) is 18.8 Å². The first-order valence-corrected chi connectivity index (χ1v) is 12.0. The normalized spacial score (nSPS) is 12.2. The minimum Gasteiger partial charge on any atom is -0.388 e. The number of carbonyl (C=O) groups excluding carboxylic acids is 1. The molecule has 1 aromatic rings. The summed E-state index contributed by atoms with van der Waals surface area (Å²) in [7, 11) is 0. The Labute approximate surface area is 199 Å². The first-order valence-electron chi connectivity index (χ1n) is 12.0. The summed E-state index contributed by atoms with van der Waals surface area (Å²) in [4.78, 5) is 26.8. The monoisotopic (exact) mass is 470 g/mol. The second-order valence-corrected chi connectivity index (χ2v) is 9.44. The Morgan fingerprint density at radius 2 is 1.67 bits per heavy atom. The lowest BCUT2D eigenvalue weighted by Gasteiger charge is -2.25. The first kappa shape index (κ1) is 30.9. The number of hydroxylamine groups is 1. The van der Waals surface area contributed by atoms with E-state index in [1.165, 1.54) is 6.26 Å². The molecule has 0 aliphatic heterocycles. The minimum absolute atomic E-state index is 0.0287. The van der Waals surface area contributed by atoms with Crippen LogP contribution in [0.2, 0.25) is 0 Å². The molecule has 0 bridgehead atoms. The van der Waals surface area contributed by atoms with Crippen LogP contribution in [0.4, 0.5) is 0 Å². The molecule has 0 saturated heterocycles. The number of amides is 1. The molecule has 8 nitrogen and oxygen atoms in total. The largest absolute Gasteiger partial charge is 0.388 e. The van der Waals surface area contributed by atoms with Crippen LogP contribution in [-0.4, -0.2) is 38.0 Å². The minimum atomic E-state index is -0.153. The predicted molar refractivity (Wildman–Crippen MR) is 131 cm³/mol. The lowest BCUT2D eigenvalue weighted by molar-refractivity contribution is -0.117. The van der Waals surface area contributed by atoms with Crippen LogP contribution in [0, 0.1) is 10.8 Å². The number of hydrogen-bond donors (Lipinski definition) is 2. The van der Waals surface area contributed by atoms with Crippen molar-refractivity contribution in [3.05, 3.63) is 34.0 Å². The molecule has 2 N–H and O–H groups in total. The lowest BCUT2D eigenvalue weighted by Crippen LogP contribution is -2.21. The van der Waals surface area contributed by atoms with Crippen LogP contribution < -0.4 is 11.0 Å². The van der Waals surface area contributed by atoms with Crippen LogP contribution in [0.25, 0.3) is 0 Å². The van der Waals surface area contributed by atoms with Gasteiger partial charge in [-0.05, 0) is 54.9 Å². The standard InChI is InChI=1S/C23H40N2O6.C2H6/c1-6-19(16-30-24-18-26)14-22(2,3)8-12-28-10-7-11-29-13-9-23(4,5)15-20-17-31-25-21(20)27;1-2/h16-18H,6-15H2,1-5H3,(H,24,26)(H,25,27);1-2H3/b19-16+;. The highest BCUT2D eigenvalue weighted by atomic mass is 16.6. The van der Waals surface area contributed by atoms with Crippen LogP contribution in [0.15, 0.2) is 27.4 Å². The van der Waals surface area contributed by atoms with Gasteiger partial charge < -0.3 is 18.8 Å². The van der Waals surface area contributed by atoms with Crippen molar-refractivity contribution >= 4 is 6.41 Å². The Morgan fingerprint density at radius 3 is 2.18 bits per heavy atom. The second kappa shape index (κ2) is 17.4. The summed E-state index contributed by atoms with van der Waals surface area (Å²) >= 11 is 0. The maximum absolute atomic E-state index is 11.6. The van der Waals surface area contributed by atoms with E-state index >= 15 is 0 Å². The molecule has 33 heavy (non-hydrogen) atoms. The molecular formula is C25H46N2O6. The second-order valence-electron chi connectivity index (χ2n) is 9.44. The van der Waals surface area contributed by atoms with E-state index < -0.39 is 0 Å². The van der Waals surface area contributed by atoms with Gasteiger partial charge in [-0.2, -0.15) is 10.6 Å². The molecule has 0 radical (unpaired) electrons. The van der Waals surface area contributed by atoms with Crippen molar-refractivity contribution in [2.75, 3.05) is 26.4 Å². The van der Waals surface area contributed by atoms with Crippen molar-refractivity contribution in [1.82, 2.24) is 10.6 Å². The third-order valence-electron chi connectivity index (χ3n) is 5.24. The molecule has 0 aliphatic rings. The van der Waals surface area contributed by atoms with Gasteiger partial charge in [0.25, 0.3) is 5.56 Å². The average Bonchev–Trinajstić information content (AvgIpc) is 3.16. The maximum Gasteiger partial charge on any atom is 0.283 e. The van der Waals surface area contributed by atoms with Gasteiger partial charge in [-0.25, -0.2) is 0 Å². The highest BCUT2D eigenvalue weighted by molar-refractivity contribution is 5.43. The number of ether oxygens (including phenoxy) is 2. The Balaban J connectivity index is 0.00000497. The van der Waals surface area contributed by atoms with Gasteiger partial charge >= 0.3 is 0 Å². The summed E-state index contributed by atoms with van der Waals surface area (Å²) in [6.45, 7) is 17.4. The lowest BCUT2D eigenvalue weighted by atomic mass is 9.82. The molecular weight excluding hydrogens is 424 g/mol. The Kier molecular flexibility index (Phi) is 16.3. The summed E-state index contributed by atoms with van der Waals surface area (Å²) in [5.41, 5.74) is 3.92. The van der Waals surface area contributed by atoms with E-state index in [2.05, 4.69) is 45.3 Å². The molecule has 1 amide bonds. The SMILES string of the molecule is CC.CC/C(=C\ONC=O)CC(C)(C)CCOCCCOCCC(C)(C)Cc1co[nH]c1=O. The van der Waals surface area contributed by atoms with Gasteiger partial charge in [-0.3, -0.25) is 9.59 Å². The van der Waals surface area contributed by atoms with Gasteiger partial charge in [0.2, 0.25) is 6.41 Å². The Hall–Kier alpha value is -2.06. The zero-order valence-corrected chi connectivity index (χ0v) is 21.8. The fourth-order valence-electron chi connectivity index (χ4n) is 3.26. The maximum atomic E-state index is 11.6. The van der Waals surface area contributed by atoms with Crippen molar-refractivity contribution in [3.8, 4) is 0 Å². The summed E-state index contributed by atoms with van der Waals surface area (Å²) in [6.07, 6.45) is 8.69. The molecule has 1 rings (SSSR count). The topological polar surface area (TPSA) is 103 Å². The third kappa shape index (κ3) is 15.4. The molecule has 0 unspecified atom stereocenters. The first-order chi connectivity index (χ1) is 15.7. The average molecular weight is 471 g/mol. The van der Waals surface area contributed by atoms with E-state index in [-0.39, 0.29) is 16.4 Å². The molecule has 0 fully saturated rings. The van der Waals surface area contributed by atoms with Crippen molar-refractivity contribution in [2.45, 2.75) is 87.0 Å². The number of aromatic amines is 1. The van der Waals surface area contributed by atoms with Crippen molar-refractivity contribution in [3.63, 3.8) is 0 Å². The van der Waals surface area contributed by atoms with Gasteiger partial charge in [0.1, 0.15) is 12.5 Å². The zero-order valence-electron chi connectivity index (χ0n) is 21.8. The molecule has 0 aliphatic carbocycles. The number of carbonyl (C=O) groups is 1. The smallest absolute Gasteiger partial charge is 0.283 e. The molecule has 192 valence electrons. The Bertz CT molecular complexity index is 706. The van der Waals surface area contributed by atoms with Crippen LogP contribution in [0.3, 0.4) is 0 Å². The van der Waals surface area contributed by atoms with E-state index in [0.29, 0.717) is 44.8 Å². The predicted octanol–water partition coefficient (Wildman–Crippen LogP) is 5.15.